The first kappa shape index (κ1) is 7.35. The van der Waals surface area contributed by atoms with E-state index in [2.05, 4.69) is 11.4 Å². The lowest BCUT2D eigenvalue weighted by Crippen LogP contribution is -2.22. The van der Waals surface area contributed by atoms with Crippen molar-refractivity contribution < 1.29 is 4.79 Å². The molecule has 1 amide bonds. The van der Waals surface area contributed by atoms with Crippen molar-refractivity contribution in [2.45, 2.75) is 12.8 Å². The number of carbonyl (C=O) groups is 1. The van der Waals surface area contributed by atoms with Gasteiger partial charge in [0.15, 0.2) is 0 Å². The van der Waals surface area contributed by atoms with Crippen LogP contribution in [-0.2, 0) is 6.42 Å². The number of hydrogen-bond acceptors (Lipinski definition) is 1. The van der Waals surface area contributed by atoms with Gasteiger partial charge in [-0.15, -0.1) is 0 Å². The van der Waals surface area contributed by atoms with Crippen molar-refractivity contribution in [3.05, 3.63) is 35.4 Å². The summed E-state index contributed by atoms with van der Waals surface area (Å²) in [5, 5.41) is 2.85. The molecule has 2 rings (SSSR count). The van der Waals surface area contributed by atoms with Gasteiger partial charge >= 0.3 is 0 Å². The minimum Gasteiger partial charge on any atom is -0.352 e. The molecule has 2 nitrogen and oxygen atoms in total. The summed E-state index contributed by atoms with van der Waals surface area (Å²) < 4.78 is 0. The highest BCUT2D eigenvalue weighted by atomic mass is 16.1. The first-order valence-electron chi connectivity index (χ1n) is 4.15. The van der Waals surface area contributed by atoms with E-state index in [1.54, 1.807) is 6.07 Å². The lowest BCUT2D eigenvalue weighted by molar-refractivity contribution is 0.0956. The smallest absolute Gasteiger partial charge is 0.251 e. The molecule has 12 heavy (non-hydrogen) atoms. The van der Waals surface area contributed by atoms with E-state index >= 15 is 0 Å². The Morgan fingerprint density at radius 2 is 2.42 bits per heavy atom. The predicted molar refractivity (Wildman–Crippen MR) is 45.9 cm³/mol. The van der Waals surface area contributed by atoms with Crippen LogP contribution < -0.4 is 5.32 Å². The van der Waals surface area contributed by atoms with Gasteiger partial charge < -0.3 is 5.32 Å². The number of amides is 1. The molecule has 0 atom stereocenters. The Kier molecular flexibility index (Phi) is 1.82. The Labute approximate surface area is 71.6 Å². The first-order valence-corrected chi connectivity index (χ1v) is 4.15. The lowest BCUT2D eigenvalue weighted by Gasteiger charge is -2.01. The average molecular weight is 160 g/mol. The second kappa shape index (κ2) is 2.97. The van der Waals surface area contributed by atoms with Crippen LogP contribution in [0.15, 0.2) is 18.2 Å². The maximum atomic E-state index is 11.4. The highest BCUT2D eigenvalue weighted by molar-refractivity contribution is 5.95. The molecule has 1 N–H and O–H groups in total. The molecule has 1 aliphatic heterocycles. The zero-order valence-corrected chi connectivity index (χ0v) is 6.76. The van der Waals surface area contributed by atoms with Crippen LogP contribution in [0.5, 0.6) is 0 Å². The molecule has 61 valence electrons. The molecule has 0 saturated carbocycles. The van der Waals surface area contributed by atoms with Crippen LogP contribution in [0, 0.1) is 6.07 Å². The Hall–Kier alpha value is -1.31. The summed E-state index contributed by atoms with van der Waals surface area (Å²) in [4.78, 5) is 11.4. The van der Waals surface area contributed by atoms with Crippen LogP contribution in [0.2, 0.25) is 0 Å². The molecule has 0 spiro atoms. The fourth-order valence-electron chi connectivity index (χ4n) is 1.47. The Balaban J connectivity index is 2.46. The molecular weight excluding hydrogens is 150 g/mol. The summed E-state index contributed by atoms with van der Waals surface area (Å²) in [5.41, 5.74) is 1.93. The van der Waals surface area contributed by atoms with Gasteiger partial charge in [-0.2, -0.15) is 0 Å². The zero-order valence-electron chi connectivity index (χ0n) is 6.76. The van der Waals surface area contributed by atoms with E-state index in [0.717, 1.165) is 30.5 Å². The van der Waals surface area contributed by atoms with E-state index in [1.165, 1.54) is 0 Å². The van der Waals surface area contributed by atoms with Gasteiger partial charge in [-0.1, -0.05) is 12.1 Å². The van der Waals surface area contributed by atoms with Crippen molar-refractivity contribution >= 4 is 5.91 Å². The number of aryl methyl sites for hydroxylation is 1. The predicted octanol–water partition coefficient (Wildman–Crippen LogP) is 1.16. The van der Waals surface area contributed by atoms with Crippen LogP contribution in [0.3, 0.4) is 0 Å². The standard InChI is InChI=1S/C10H10NO/c12-10-9-6-2-1-4-8(9)5-3-7-11-10/h2,4,6H,3,5,7H2,(H,11,12). The van der Waals surface area contributed by atoms with Gasteiger partial charge in [0, 0.05) is 12.1 Å². The van der Waals surface area contributed by atoms with E-state index in [4.69, 9.17) is 0 Å². The first-order chi connectivity index (χ1) is 5.88. The molecule has 0 bridgehead atoms. The van der Waals surface area contributed by atoms with Crippen LogP contribution in [0.4, 0.5) is 0 Å². The van der Waals surface area contributed by atoms with E-state index in [1.807, 2.05) is 12.1 Å². The maximum absolute atomic E-state index is 11.4. The van der Waals surface area contributed by atoms with Crippen molar-refractivity contribution in [3.63, 3.8) is 0 Å². The van der Waals surface area contributed by atoms with Crippen LogP contribution in [0.25, 0.3) is 0 Å². The number of rotatable bonds is 0. The summed E-state index contributed by atoms with van der Waals surface area (Å²) in [6, 6.07) is 8.50. The second-order valence-electron chi connectivity index (χ2n) is 2.94. The normalized spacial score (nSPS) is 16.2. The van der Waals surface area contributed by atoms with Gasteiger partial charge in [-0.05, 0) is 30.5 Å². The fraction of sp³-hybridized carbons (Fsp3) is 0.300. The third kappa shape index (κ3) is 1.20. The van der Waals surface area contributed by atoms with Gasteiger partial charge in [0.25, 0.3) is 5.91 Å². The monoisotopic (exact) mass is 160 g/mol. The summed E-state index contributed by atoms with van der Waals surface area (Å²) in [7, 11) is 0. The molecule has 1 heterocycles. The van der Waals surface area contributed by atoms with Crippen molar-refractivity contribution in [1.82, 2.24) is 5.32 Å². The number of carbonyl (C=O) groups excluding carboxylic acids is 1. The number of hydrogen-bond donors (Lipinski definition) is 1. The van der Waals surface area contributed by atoms with Gasteiger partial charge in [-0.25, -0.2) is 0 Å². The topological polar surface area (TPSA) is 29.1 Å². The SMILES string of the molecule is O=C1NCCCc2c[c]ccc21. The van der Waals surface area contributed by atoms with E-state index < -0.39 is 0 Å². The molecule has 1 aliphatic rings. The number of nitrogens with one attached hydrogen (secondary N) is 1. The number of benzene rings is 1. The zero-order chi connectivity index (χ0) is 8.39. The summed E-state index contributed by atoms with van der Waals surface area (Å²) >= 11 is 0. The second-order valence-corrected chi connectivity index (χ2v) is 2.94. The Morgan fingerprint density at radius 3 is 3.33 bits per heavy atom. The maximum Gasteiger partial charge on any atom is 0.251 e. The molecule has 1 aromatic carbocycles. The molecule has 0 saturated heterocycles. The fourth-order valence-corrected chi connectivity index (χ4v) is 1.47. The molecule has 0 aromatic heterocycles. The molecule has 0 unspecified atom stereocenters. The van der Waals surface area contributed by atoms with Gasteiger partial charge in [-0.3, -0.25) is 4.79 Å². The van der Waals surface area contributed by atoms with Gasteiger partial charge in [0.1, 0.15) is 0 Å². The van der Waals surface area contributed by atoms with Crippen LogP contribution >= 0.6 is 0 Å². The van der Waals surface area contributed by atoms with Gasteiger partial charge in [0.05, 0.1) is 0 Å². The van der Waals surface area contributed by atoms with Crippen LogP contribution in [0.1, 0.15) is 22.3 Å². The quantitative estimate of drug-likeness (QED) is 0.606. The highest BCUT2D eigenvalue weighted by Gasteiger charge is 2.12. The number of fused-ring (bicyclic) bond motifs is 1. The van der Waals surface area contributed by atoms with E-state index in [-0.39, 0.29) is 5.91 Å². The summed E-state index contributed by atoms with van der Waals surface area (Å²) in [5.74, 6) is 0.0523. The summed E-state index contributed by atoms with van der Waals surface area (Å²) in [6.07, 6.45) is 2.00. The molecule has 0 fully saturated rings. The molecule has 1 aromatic rings. The van der Waals surface area contributed by atoms with E-state index in [9.17, 15) is 4.79 Å². The molecule has 2 heteroatoms. The molecule has 0 aliphatic carbocycles. The van der Waals surface area contributed by atoms with Gasteiger partial charge in [0.2, 0.25) is 0 Å². The van der Waals surface area contributed by atoms with Crippen molar-refractivity contribution in [3.8, 4) is 0 Å². The minimum atomic E-state index is 0.0523. The van der Waals surface area contributed by atoms with Crippen molar-refractivity contribution in [1.29, 1.82) is 0 Å². The third-order valence-corrected chi connectivity index (χ3v) is 2.10. The average Bonchev–Trinajstić information content (AvgIpc) is 2.29. The minimum absolute atomic E-state index is 0.0523. The van der Waals surface area contributed by atoms with E-state index in [0.29, 0.717) is 0 Å². The third-order valence-electron chi connectivity index (χ3n) is 2.10. The molecular formula is C10H10NO. The van der Waals surface area contributed by atoms with Crippen LogP contribution in [-0.4, -0.2) is 12.5 Å². The van der Waals surface area contributed by atoms with Crippen molar-refractivity contribution in [2.24, 2.45) is 0 Å². The Morgan fingerprint density at radius 1 is 1.50 bits per heavy atom. The largest absolute Gasteiger partial charge is 0.352 e. The lowest BCUT2D eigenvalue weighted by atomic mass is 10.0. The highest BCUT2D eigenvalue weighted by Crippen LogP contribution is 2.12. The summed E-state index contributed by atoms with van der Waals surface area (Å²) in [6.45, 7) is 0.785. The molecule has 1 radical (unpaired) electrons. The van der Waals surface area contributed by atoms with Crippen molar-refractivity contribution in [2.75, 3.05) is 6.54 Å². The Bertz CT molecular complexity index is 306.